The fourth-order valence-electron chi connectivity index (χ4n) is 10.1. The van der Waals surface area contributed by atoms with Gasteiger partial charge < -0.3 is 14.6 Å². The molecule has 72 heavy (non-hydrogen) atoms. The highest BCUT2D eigenvalue weighted by Crippen LogP contribution is 2.44. The zero-order valence-corrected chi connectivity index (χ0v) is 41.1. The number of carbonyl (C=O) groups is 1. The predicted molar refractivity (Wildman–Crippen MR) is 262 cm³/mol. The number of ether oxygens (including phenoxy) is 2. The van der Waals surface area contributed by atoms with Gasteiger partial charge in [-0.15, -0.1) is 20.4 Å². The number of non-ortho nitro benzene ring substituents is 1. The highest BCUT2D eigenvalue weighted by molar-refractivity contribution is 7.90. The Morgan fingerprint density at radius 1 is 0.667 bits per heavy atom. The number of hydrogen-bond donors (Lipinski definition) is 1. The van der Waals surface area contributed by atoms with E-state index >= 15 is 0 Å². The number of hydrogen-bond acceptors (Lipinski definition) is 16. The Morgan fingerprint density at radius 2 is 1.14 bits per heavy atom. The SMILES string of the molecule is CCC1CC(O)CC1c1nnc2cnc3c(ccn3S(=O)(=O)c3ccc(C)cc3)n12.CCC1CC(OC(=O)Oc2ccc([N+](=O)[O-])cc2)CC1c1nnc2cnc3c(ccn3S(=O)(=O)c3ccc(C)cc3)n12. The Bertz CT molecular complexity index is 3740. The van der Waals surface area contributed by atoms with Gasteiger partial charge in [-0.3, -0.25) is 18.9 Å². The van der Waals surface area contributed by atoms with Gasteiger partial charge in [-0.1, -0.05) is 62.1 Å². The normalized spacial score (nSPS) is 20.3. The Morgan fingerprint density at radius 3 is 1.61 bits per heavy atom. The molecule has 21 nitrogen and oxygen atoms in total. The van der Waals surface area contributed by atoms with Crippen molar-refractivity contribution >= 4 is 65.5 Å². The molecule has 11 rings (SSSR count). The van der Waals surface area contributed by atoms with Crippen LogP contribution in [0, 0.1) is 35.8 Å². The third-order valence-electron chi connectivity index (χ3n) is 13.8. The maximum atomic E-state index is 13.4. The van der Waals surface area contributed by atoms with E-state index in [0.29, 0.717) is 59.0 Å². The molecule has 2 aliphatic carbocycles. The van der Waals surface area contributed by atoms with Crippen LogP contribution in [0.5, 0.6) is 5.75 Å². The van der Waals surface area contributed by atoms with Crippen molar-refractivity contribution in [2.24, 2.45) is 11.8 Å². The van der Waals surface area contributed by atoms with Crippen molar-refractivity contribution in [1.82, 2.24) is 47.1 Å². The number of nitrogens with zero attached hydrogens (tertiary/aromatic N) is 11. The van der Waals surface area contributed by atoms with E-state index < -0.39 is 37.2 Å². The number of nitro groups is 1. The number of aliphatic hydroxyl groups is 1. The zero-order chi connectivity index (χ0) is 50.6. The summed E-state index contributed by atoms with van der Waals surface area (Å²) in [6.07, 6.45) is 8.46. The maximum absolute atomic E-state index is 13.4. The molecular weight excluding hydrogens is 967 g/mol. The Hall–Kier alpha value is -7.63. The van der Waals surface area contributed by atoms with Crippen LogP contribution in [0.2, 0.25) is 0 Å². The monoisotopic (exact) mass is 1020 g/mol. The van der Waals surface area contributed by atoms with Crippen molar-refractivity contribution < 1.29 is 41.1 Å². The molecule has 0 amide bonds. The summed E-state index contributed by atoms with van der Waals surface area (Å²) in [6, 6.07) is 21.9. The molecule has 0 aliphatic heterocycles. The van der Waals surface area contributed by atoms with Crippen molar-refractivity contribution in [2.45, 2.75) is 100 Å². The van der Waals surface area contributed by atoms with Gasteiger partial charge >= 0.3 is 6.16 Å². The predicted octanol–water partition coefficient (Wildman–Crippen LogP) is 7.91. The van der Waals surface area contributed by atoms with Gasteiger partial charge in [-0.25, -0.2) is 39.5 Å². The Kier molecular flexibility index (Phi) is 12.6. The molecule has 3 aromatic carbocycles. The van der Waals surface area contributed by atoms with Crippen molar-refractivity contribution in [3.63, 3.8) is 0 Å². The van der Waals surface area contributed by atoms with Crippen LogP contribution in [0.4, 0.5) is 10.5 Å². The lowest BCUT2D eigenvalue weighted by Crippen LogP contribution is -2.18. The standard InChI is InChI=1S/C28H26N6O7S.C21H23N5O3S/c1-3-18-14-21(41-28(35)40-20-8-6-19(7-9-20)34(36)37)15-23(18)26-31-30-25-16-29-27-24(33(25)26)12-13-32(27)42(38,39)22-10-4-17(2)5-11-22;1-3-14-10-15(27)11-17(14)20-24-23-19-12-22-21-18(26(19)20)8-9-25(21)30(28,29)16-6-4-13(2)5-7-16/h4-13,16,18,21,23H,3,14-15H2,1-2H3;4-9,12,14-15,17,27H,3,10-11H2,1-2H3. The maximum Gasteiger partial charge on any atom is 0.514 e. The second kappa shape index (κ2) is 18.8. The van der Waals surface area contributed by atoms with E-state index in [9.17, 15) is 36.9 Å². The first kappa shape index (κ1) is 48.0. The average molecular weight is 1020 g/mol. The molecule has 6 heterocycles. The first-order valence-corrected chi connectivity index (χ1v) is 26.3. The average Bonchev–Trinajstić information content (AvgIpc) is 4.23. The van der Waals surface area contributed by atoms with Crippen LogP contribution < -0.4 is 4.74 Å². The van der Waals surface area contributed by atoms with Gasteiger partial charge in [0.25, 0.3) is 25.7 Å². The molecule has 23 heteroatoms. The summed E-state index contributed by atoms with van der Waals surface area (Å²) in [7, 11) is -7.68. The zero-order valence-electron chi connectivity index (χ0n) is 39.5. The second-order valence-electron chi connectivity index (χ2n) is 18.3. The first-order valence-electron chi connectivity index (χ1n) is 23.4. The Balaban J connectivity index is 0.000000175. The molecule has 9 aromatic rings. The Labute approximate surface area is 412 Å². The van der Waals surface area contributed by atoms with Crippen molar-refractivity contribution in [2.75, 3.05) is 0 Å². The van der Waals surface area contributed by atoms with Gasteiger partial charge in [0.05, 0.1) is 44.2 Å². The van der Waals surface area contributed by atoms with Gasteiger partial charge in [0, 0.05) is 36.4 Å². The highest BCUT2D eigenvalue weighted by atomic mass is 32.2. The van der Waals surface area contributed by atoms with E-state index in [1.54, 1.807) is 66.9 Å². The summed E-state index contributed by atoms with van der Waals surface area (Å²) in [5.41, 5.74) is 4.62. The highest BCUT2D eigenvalue weighted by Gasteiger charge is 2.40. The van der Waals surface area contributed by atoms with E-state index in [2.05, 4.69) is 37.3 Å². The molecule has 2 saturated carbocycles. The van der Waals surface area contributed by atoms with E-state index in [0.717, 1.165) is 40.2 Å². The molecule has 0 spiro atoms. The summed E-state index contributed by atoms with van der Waals surface area (Å²) in [5.74, 6) is 1.88. The number of rotatable bonds is 11. The van der Waals surface area contributed by atoms with Gasteiger partial charge in [0.1, 0.15) is 23.5 Å². The van der Waals surface area contributed by atoms with Gasteiger partial charge in [-0.05, 0) is 99.9 Å². The summed E-state index contributed by atoms with van der Waals surface area (Å²) < 4.78 is 70.2. The van der Waals surface area contributed by atoms with Crippen LogP contribution in [0.25, 0.3) is 33.6 Å². The number of aromatic nitrogens is 10. The van der Waals surface area contributed by atoms with Crippen molar-refractivity contribution in [3.8, 4) is 5.75 Å². The van der Waals surface area contributed by atoms with Crippen molar-refractivity contribution in [1.29, 1.82) is 0 Å². The number of aliphatic hydroxyl groups excluding tert-OH is 1. The largest absolute Gasteiger partial charge is 0.514 e. The molecule has 0 bridgehead atoms. The van der Waals surface area contributed by atoms with Crippen LogP contribution in [-0.4, -0.2) is 92.3 Å². The van der Waals surface area contributed by atoms with Crippen LogP contribution >= 0.6 is 0 Å². The minimum absolute atomic E-state index is 0.0719. The smallest absolute Gasteiger partial charge is 0.431 e. The van der Waals surface area contributed by atoms with Crippen LogP contribution in [0.15, 0.2) is 120 Å². The van der Waals surface area contributed by atoms with Gasteiger partial charge in [-0.2, -0.15) is 0 Å². The molecule has 6 atom stereocenters. The van der Waals surface area contributed by atoms with E-state index in [4.69, 9.17) is 9.47 Å². The minimum atomic E-state index is -3.90. The molecule has 0 radical (unpaired) electrons. The molecule has 2 fully saturated rings. The number of aryl methyl sites for hydroxylation is 2. The quantitative estimate of drug-likeness (QED) is 0.0558. The lowest BCUT2D eigenvalue weighted by Gasteiger charge is -2.16. The summed E-state index contributed by atoms with van der Waals surface area (Å²) in [6.45, 7) is 7.95. The van der Waals surface area contributed by atoms with Crippen LogP contribution in [0.3, 0.4) is 0 Å². The summed E-state index contributed by atoms with van der Waals surface area (Å²) >= 11 is 0. The van der Waals surface area contributed by atoms with Crippen LogP contribution in [0.1, 0.15) is 87.0 Å². The summed E-state index contributed by atoms with van der Waals surface area (Å²) in [5, 5.41) is 38.4. The van der Waals surface area contributed by atoms with E-state index in [-0.39, 0.29) is 50.7 Å². The molecule has 6 aromatic heterocycles. The third kappa shape index (κ3) is 8.69. The lowest BCUT2D eigenvalue weighted by atomic mass is 9.93. The topological polar surface area (TPSA) is 263 Å². The minimum Gasteiger partial charge on any atom is -0.431 e. The molecule has 6 unspecified atom stereocenters. The fraction of sp³-hybridized carbons (Fsp3) is 0.327. The van der Waals surface area contributed by atoms with Crippen LogP contribution in [-0.2, 0) is 24.8 Å². The number of carbonyl (C=O) groups excluding carboxylic acids is 1. The summed E-state index contributed by atoms with van der Waals surface area (Å²) in [4.78, 5) is 32.0. The fourth-order valence-corrected chi connectivity index (χ4v) is 12.7. The number of nitro benzene ring substituents is 1. The first-order chi connectivity index (χ1) is 34.5. The molecule has 0 saturated heterocycles. The second-order valence-corrected chi connectivity index (χ2v) is 21.9. The molecule has 2 aliphatic rings. The molecule has 372 valence electrons. The third-order valence-corrected chi connectivity index (χ3v) is 17.2. The molecular formula is C49H49N11O10S2. The lowest BCUT2D eigenvalue weighted by molar-refractivity contribution is -0.384. The van der Waals surface area contributed by atoms with Gasteiger partial charge in [0.2, 0.25) is 0 Å². The number of benzene rings is 3. The number of fused-ring (bicyclic) bond motifs is 6. The van der Waals surface area contributed by atoms with E-state index in [1.165, 1.54) is 46.8 Å². The van der Waals surface area contributed by atoms with Crippen molar-refractivity contribution in [3.05, 3.63) is 143 Å². The van der Waals surface area contributed by atoms with Gasteiger partial charge in [0.15, 0.2) is 22.6 Å². The molecule has 1 N–H and O–H groups in total. The van der Waals surface area contributed by atoms with E-state index in [1.807, 2.05) is 29.6 Å².